The van der Waals surface area contributed by atoms with E-state index in [1.54, 1.807) is 0 Å². The van der Waals surface area contributed by atoms with Crippen LogP contribution in [0.5, 0.6) is 0 Å². The summed E-state index contributed by atoms with van der Waals surface area (Å²) in [7, 11) is 0. The Morgan fingerprint density at radius 2 is 1.96 bits per heavy atom. The van der Waals surface area contributed by atoms with Crippen molar-refractivity contribution in [3.63, 3.8) is 0 Å². The molecule has 2 aliphatic carbocycles. The quantitative estimate of drug-likeness (QED) is 0.675. The van der Waals surface area contributed by atoms with Crippen molar-refractivity contribution in [3.05, 3.63) is 35.4 Å². The molecule has 1 saturated carbocycles. The van der Waals surface area contributed by atoms with Crippen LogP contribution in [0.15, 0.2) is 24.3 Å². The number of imide groups is 1. The van der Waals surface area contributed by atoms with E-state index < -0.39 is 17.5 Å². The zero-order valence-electron chi connectivity index (χ0n) is 14.1. The molecule has 3 amide bonds. The van der Waals surface area contributed by atoms with E-state index in [4.69, 9.17) is 4.74 Å². The number of rotatable bonds is 3. The Bertz CT molecular complexity index is 726. The molecule has 1 N–H and O–H groups in total. The highest BCUT2D eigenvalue weighted by Gasteiger charge is 2.55. The average molecular weight is 342 g/mol. The first-order valence-electron chi connectivity index (χ1n) is 9.02. The third kappa shape index (κ3) is 2.69. The van der Waals surface area contributed by atoms with Gasteiger partial charge in [0.05, 0.1) is 0 Å². The molecule has 6 heteroatoms. The lowest BCUT2D eigenvalue weighted by molar-refractivity contribution is -0.153. The maximum atomic E-state index is 13.0. The first-order valence-corrected chi connectivity index (χ1v) is 9.02. The standard InChI is InChI=1S/C19H22N2O4/c22-16(25-14-7-2-1-3-8-14)12-21-17(23)19(20-18(21)24)11-10-13-6-4-5-9-15(13)19/h4-6,9,14H,1-3,7-8,10-12H2,(H,20,24). The first kappa shape index (κ1) is 16.1. The van der Waals surface area contributed by atoms with Crippen LogP contribution in [-0.4, -0.2) is 35.5 Å². The van der Waals surface area contributed by atoms with E-state index in [-0.39, 0.29) is 18.6 Å². The van der Waals surface area contributed by atoms with Crippen molar-refractivity contribution >= 4 is 17.9 Å². The summed E-state index contributed by atoms with van der Waals surface area (Å²) in [5.41, 5.74) is 0.901. The molecule has 1 aromatic rings. The van der Waals surface area contributed by atoms with E-state index in [1.165, 1.54) is 6.42 Å². The van der Waals surface area contributed by atoms with Crippen molar-refractivity contribution in [1.82, 2.24) is 10.2 Å². The van der Waals surface area contributed by atoms with Crippen molar-refractivity contribution in [2.45, 2.75) is 56.6 Å². The normalized spacial score (nSPS) is 26.0. The summed E-state index contributed by atoms with van der Waals surface area (Å²) in [6.45, 7) is -0.314. The lowest BCUT2D eigenvalue weighted by Crippen LogP contribution is -2.42. The summed E-state index contributed by atoms with van der Waals surface area (Å²) < 4.78 is 5.46. The fourth-order valence-electron chi connectivity index (χ4n) is 4.27. The van der Waals surface area contributed by atoms with E-state index in [0.717, 1.165) is 48.1 Å². The van der Waals surface area contributed by atoms with Gasteiger partial charge in [0.1, 0.15) is 18.2 Å². The lowest BCUT2D eigenvalue weighted by atomic mass is 9.92. The fraction of sp³-hybridized carbons (Fsp3) is 0.526. The Kier molecular flexibility index (Phi) is 3.98. The average Bonchev–Trinajstić information content (AvgIpc) is 3.10. The van der Waals surface area contributed by atoms with Crippen LogP contribution in [-0.2, 0) is 26.3 Å². The number of nitrogens with one attached hydrogen (secondary N) is 1. The molecule has 25 heavy (non-hydrogen) atoms. The van der Waals surface area contributed by atoms with Crippen LogP contribution in [0.3, 0.4) is 0 Å². The van der Waals surface area contributed by atoms with Gasteiger partial charge in [0.2, 0.25) is 0 Å². The maximum Gasteiger partial charge on any atom is 0.326 e. The third-order valence-corrected chi connectivity index (χ3v) is 5.56. The monoisotopic (exact) mass is 342 g/mol. The van der Waals surface area contributed by atoms with Crippen LogP contribution in [0.4, 0.5) is 4.79 Å². The van der Waals surface area contributed by atoms with Gasteiger partial charge in [-0.25, -0.2) is 4.79 Å². The molecule has 0 radical (unpaired) electrons. The van der Waals surface area contributed by atoms with Gasteiger partial charge in [-0.3, -0.25) is 14.5 Å². The summed E-state index contributed by atoms with van der Waals surface area (Å²) in [4.78, 5) is 38.6. The summed E-state index contributed by atoms with van der Waals surface area (Å²) in [5.74, 6) is -0.846. The van der Waals surface area contributed by atoms with E-state index in [1.807, 2.05) is 24.3 Å². The van der Waals surface area contributed by atoms with Gasteiger partial charge in [0.15, 0.2) is 0 Å². The molecule has 1 aliphatic heterocycles. The molecule has 1 heterocycles. The van der Waals surface area contributed by atoms with E-state index in [0.29, 0.717) is 6.42 Å². The Morgan fingerprint density at radius 3 is 2.76 bits per heavy atom. The predicted molar refractivity (Wildman–Crippen MR) is 89.7 cm³/mol. The number of nitrogens with zero attached hydrogens (tertiary/aromatic N) is 1. The van der Waals surface area contributed by atoms with Crippen LogP contribution in [0.1, 0.15) is 49.7 Å². The van der Waals surface area contributed by atoms with Crippen molar-refractivity contribution in [1.29, 1.82) is 0 Å². The number of hydrogen-bond donors (Lipinski definition) is 1. The highest BCUT2D eigenvalue weighted by atomic mass is 16.5. The minimum Gasteiger partial charge on any atom is -0.461 e. The molecule has 1 spiro atoms. The van der Waals surface area contributed by atoms with Gasteiger partial charge in [-0.2, -0.15) is 0 Å². The SMILES string of the molecule is O=C(CN1C(=O)NC2(CCc3ccccc32)C1=O)OC1CCCCC1. The molecule has 0 aromatic heterocycles. The highest BCUT2D eigenvalue weighted by molar-refractivity contribution is 6.09. The van der Waals surface area contributed by atoms with Crippen molar-refractivity contribution in [3.8, 4) is 0 Å². The number of ether oxygens (including phenoxy) is 1. The lowest BCUT2D eigenvalue weighted by Gasteiger charge is -2.24. The summed E-state index contributed by atoms with van der Waals surface area (Å²) in [5, 5.41) is 2.82. The summed E-state index contributed by atoms with van der Waals surface area (Å²) >= 11 is 0. The Hall–Kier alpha value is -2.37. The zero-order chi connectivity index (χ0) is 17.4. The van der Waals surface area contributed by atoms with E-state index in [2.05, 4.69) is 5.32 Å². The highest BCUT2D eigenvalue weighted by Crippen LogP contribution is 2.41. The van der Waals surface area contributed by atoms with Gasteiger partial charge in [-0.15, -0.1) is 0 Å². The second-order valence-electron chi connectivity index (χ2n) is 7.13. The first-order chi connectivity index (χ1) is 12.1. The number of carbonyl (C=O) groups is 3. The smallest absolute Gasteiger partial charge is 0.326 e. The van der Waals surface area contributed by atoms with E-state index in [9.17, 15) is 14.4 Å². The Morgan fingerprint density at radius 1 is 1.20 bits per heavy atom. The molecule has 1 atom stereocenters. The number of aryl methyl sites for hydroxylation is 1. The number of esters is 1. The zero-order valence-corrected chi connectivity index (χ0v) is 14.1. The van der Waals surface area contributed by atoms with Crippen LogP contribution < -0.4 is 5.32 Å². The van der Waals surface area contributed by atoms with Crippen molar-refractivity contribution in [2.75, 3.05) is 6.54 Å². The Labute approximate surface area is 146 Å². The number of fused-ring (bicyclic) bond motifs is 2. The minimum atomic E-state index is -1.02. The molecular formula is C19H22N2O4. The van der Waals surface area contributed by atoms with Gasteiger partial charge in [0.25, 0.3) is 5.91 Å². The van der Waals surface area contributed by atoms with Crippen LogP contribution >= 0.6 is 0 Å². The molecular weight excluding hydrogens is 320 g/mol. The van der Waals surface area contributed by atoms with Crippen LogP contribution in [0.2, 0.25) is 0 Å². The molecule has 6 nitrogen and oxygen atoms in total. The second kappa shape index (κ2) is 6.17. The van der Waals surface area contributed by atoms with Crippen molar-refractivity contribution in [2.24, 2.45) is 0 Å². The Balaban J connectivity index is 1.48. The summed E-state index contributed by atoms with van der Waals surface area (Å²) in [6.07, 6.45) is 6.20. The van der Waals surface area contributed by atoms with Crippen LogP contribution in [0, 0.1) is 0 Å². The molecule has 132 valence electrons. The van der Waals surface area contributed by atoms with Gasteiger partial charge < -0.3 is 10.1 Å². The molecule has 1 aromatic carbocycles. The second-order valence-corrected chi connectivity index (χ2v) is 7.13. The molecule has 4 rings (SSSR count). The maximum absolute atomic E-state index is 13.0. The topological polar surface area (TPSA) is 75.7 Å². The van der Waals surface area contributed by atoms with Crippen molar-refractivity contribution < 1.29 is 19.1 Å². The fourth-order valence-corrected chi connectivity index (χ4v) is 4.27. The minimum absolute atomic E-state index is 0.0804. The van der Waals surface area contributed by atoms with E-state index >= 15 is 0 Å². The molecule has 0 bridgehead atoms. The molecule has 3 aliphatic rings. The number of hydrogen-bond acceptors (Lipinski definition) is 4. The number of urea groups is 1. The number of amides is 3. The molecule has 2 fully saturated rings. The van der Waals surface area contributed by atoms with Gasteiger partial charge in [-0.1, -0.05) is 30.7 Å². The van der Waals surface area contributed by atoms with Gasteiger partial charge >= 0.3 is 12.0 Å². The molecule has 1 saturated heterocycles. The predicted octanol–water partition coefficient (Wildman–Crippen LogP) is 2.26. The largest absolute Gasteiger partial charge is 0.461 e. The number of benzene rings is 1. The third-order valence-electron chi connectivity index (χ3n) is 5.56. The van der Waals surface area contributed by atoms with Gasteiger partial charge in [-0.05, 0) is 49.7 Å². The molecule has 1 unspecified atom stereocenters. The summed E-state index contributed by atoms with van der Waals surface area (Å²) in [6, 6.07) is 7.14. The van der Waals surface area contributed by atoms with Crippen LogP contribution in [0.25, 0.3) is 0 Å². The van der Waals surface area contributed by atoms with Gasteiger partial charge in [0, 0.05) is 0 Å². The number of carbonyl (C=O) groups excluding carboxylic acids is 3.